The molecule has 1 aromatic heterocycles. The second-order valence-corrected chi connectivity index (χ2v) is 5.73. The molecule has 106 valence electrons. The fourth-order valence-corrected chi connectivity index (χ4v) is 2.49. The van der Waals surface area contributed by atoms with E-state index in [0.717, 1.165) is 11.3 Å². The van der Waals surface area contributed by atoms with E-state index in [-0.39, 0.29) is 17.5 Å². The van der Waals surface area contributed by atoms with Gasteiger partial charge in [-0.2, -0.15) is 5.26 Å². The van der Waals surface area contributed by atoms with Crippen LogP contribution in [0.1, 0.15) is 49.7 Å². The number of carbonyl (C=O) groups excluding carboxylic acids is 1. The van der Waals surface area contributed by atoms with Gasteiger partial charge in [0.2, 0.25) is 0 Å². The molecule has 0 unspecified atom stereocenters. The second kappa shape index (κ2) is 5.54. The third-order valence-corrected chi connectivity index (χ3v) is 3.52. The Kier molecular flexibility index (Phi) is 3.99. The Balaban J connectivity index is 2.31. The summed E-state index contributed by atoms with van der Waals surface area (Å²) >= 11 is 0. The number of aromatic nitrogens is 1. The van der Waals surface area contributed by atoms with Crippen molar-refractivity contribution in [2.24, 2.45) is 0 Å². The average molecular weight is 271 g/mol. The Bertz CT molecular complexity index is 598. The lowest BCUT2D eigenvalue weighted by atomic mass is 10.1. The minimum atomic E-state index is -0.307. The summed E-state index contributed by atoms with van der Waals surface area (Å²) in [5.74, 6) is -0.307. The number of aryl methyl sites for hydroxylation is 1. The van der Waals surface area contributed by atoms with Crippen molar-refractivity contribution < 1.29 is 4.79 Å². The lowest BCUT2D eigenvalue weighted by molar-refractivity contribution is -0.117. The number of hydrogen-bond acceptors (Lipinski definition) is 2. The Morgan fingerprint density at radius 1 is 1.50 bits per heavy atom. The highest BCUT2D eigenvalue weighted by Crippen LogP contribution is 2.38. The minimum absolute atomic E-state index is 0.0261. The zero-order chi connectivity index (χ0) is 14.9. The van der Waals surface area contributed by atoms with Crippen LogP contribution in [0.25, 0.3) is 6.08 Å². The first kappa shape index (κ1) is 14.4. The Morgan fingerprint density at radius 2 is 2.15 bits per heavy atom. The smallest absolute Gasteiger partial charge is 0.262 e. The summed E-state index contributed by atoms with van der Waals surface area (Å²) < 4.78 is 2.31. The molecule has 1 amide bonds. The van der Waals surface area contributed by atoms with E-state index >= 15 is 0 Å². The first-order chi connectivity index (χ1) is 9.43. The van der Waals surface area contributed by atoms with Crippen molar-refractivity contribution >= 4 is 12.0 Å². The molecule has 2 rings (SSSR count). The molecule has 20 heavy (non-hydrogen) atoms. The first-order valence-electron chi connectivity index (χ1n) is 7.05. The van der Waals surface area contributed by atoms with Crippen molar-refractivity contribution in [2.75, 3.05) is 0 Å². The van der Waals surface area contributed by atoms with Gasteiger partial charge in [-0.05, 0) is 58.2 Å². The molecule has 0 atom stereocenters. The van der Waals surface area contributed by atoms with Gasteiger partial charge in [-0.15, -0.1) is 0 Å². The molecule has 4 heteroatoms. The van der Waals surface area contributed by atoms with Crippen molar-refractivity contribution in [3.63, 3.8) is 0 Å². The first-order valence-corrected chi connectivity index (χ1v) is 7.05. The Morgan fingerprint density at radius 3 is 2.65 bits per heavy atom. The predicted octanol–water partition coefficient (Wildman–Crippen LogP) is 2.87. The number of nitrogens with zero attached hydrogens (tertiary/aromatic N) is 2. The van der Waals surface area contributed by atoms with Gasteiger partial charge in [0.15, 0.2) is 0 Å². The predicted molar refractivity (Wildman–Crippen MR) is 79.0 cm³/mol. The molecule has 4 nitrogen and oxygen atoms in total. The summed E-state index contributed by atoms with van der Waals surface area (Å²) in [4.78, 5) is 11.9. The van der Waals surface area contributed by atoms with E-state index in [1.54, 1.807) is 6.08 Å². The van der Waals surface area contributed by atoms with Gasteiger partial charge in [-0.1, -0.05) is 0 Å². The molecule has 1 N–H and O–H groups in total. The van der Waals surface area contributed by atoms with Crippen LogP contribution in [0.15, 0.2) is 11.6 Å². The molecule has 1 heterocycles. The lowest BCUT2D eigenvalue weighted by Crippen LogP contribution is -2.30. The SMILES string of the molecule is Cc1cc(/C=C(/C#N)C(=O)NC(C)C)c(C)n1C1CC1. The standard InChI is InChI=1S/C16H21N3O/c1-10(2)18-16(20)14(9-17)8-13-7-11(3)19(12(13)4)15-5-6-15/h7-8,10,15H,5-6H2,1-4H3,(H,18,20)/b14-8-. The molecule has 1 aromatic rings. The Hall–Kier alpha value is -2.02. The maximum Gasteiger partial charge on any atom is 0.262 e. The van der Waals surface area contributed by atoms with Crippen LogP contribution in [-0.2, 0) is 4.79 Å². The molecule has 1 aliphatic rings. The van der Waals surface area contributed by atoms with Gasteiger partial charge in [-0.3, -0.25) is 4.79 Å². The van der Waals surface area contributed by atoms with Gasteiger partial charge in [0, 0.05) is 23.5 Å². The molecule has 0 aromatic carbocycles. The lowest BCUT2D eigenvalue weighted by Gasteiger charge is -2.08. The molecule has 1 saturated carbocycles. The van der Waals surface area contributed by atoms with Crippen LogP contribution < -0.4 is 5.32 Å². The van der Waals surface area contributed by atoms with Crippen LogP contribution >= 0.6 is 0 Å². The summed E-state index contributed by atoms with van der Waals surface area (Å²) in [6.07, 6.45) is 4.13. The van der Waals surface area contributed by atoms with Gasteiger partial charge in [0.1, 0.15) is 11.6 Å². The van der Waals surface area contributed by atoms with Crippen molar-refractivity contribution in [3.05, 3.63) is 28.6 Å². The molecule has 0 radical (unpaired) electrons. The molecule has 0 aliphatic heterocycles. The van der Waals surface area contributed by atoms with E-state index in [9.17, 15) is 10.1 Å². The highest BCUT2D eigenvalue weighted by molar-refractivity contribution is 6.01. The number of carbonyl (C=O) groups is 1. The molecule has 0 saturated heterocycles. The summed E-state index contributed by atoms with van der Waals surface area (Å²) in [7, 11) is 0. The largest absolute Gasteiger partial charge is 0.349 e. The number of amides is 1. The minimum Gasteiger partial charge on any atom is -0.349 e. The number of nitrogens with one attached hydrogen (secondary N) is 1. The normalized spacial score (nSPS) is 15.3. The molecular formula is C16H21N3O. The van der Waals surface area contributed by atoms with Crippen LogP contribution in [0.2, 0.25) is 0 Å². The monoisotopic (exact) mass is 271 g/mol. The summed E-state index contributed by atoms with van der Waals surface area (Å²) in [5, 5.41) is 11.9. The van der Waals surface area contributed by atoms with Crippen molar-refractivity contribution in [3.8, 4) is 6.07 Å². The topological polar surface area (TPSA) is 57.8 Å². The fourth-order valence-electron chi connectivity index (χ4n) is 2.49. The van der Waals surface area contributed by atoms with Gasteiger partial charge >= 0.3 is 0 Å². The summed E-state index contributed by atoms with van der Waals surface area (Å²) in [6.45, 7) is 7.88. The zero-order valence-electron chi connectivity index (χ0n) is 12.5. The molecule has 1 aliphatic carbocycles. The van der Waals surface area contributed by atoms with Crippen molar-refractivity contribution in [1.82, 2.24) is 9.88 Å². The van der Waals surface area contributed by atoms with E-state index in [1.165, 1.54) is 18.5 Å². The van der Waals surface area contributed by atoms with Crippen LogP contribution in [0.4, 0.5) is 0 Å². The maximum absolute atomic E-state index is 11.9. The third kappa shape index (κ3) is 2.93. The zero-order valence-corrected chi connectivity index (χ0v) is 12.5. The maximum atomic E-state index is 11.9. The van der Waals surface area contributed by atoms with E-state index in [1.807, 2.05) is 32.9 Å². The highest BCUT2D eigenvalue weighted by atomic mass is 16.1. The van der Waals surface area contributed by atoms with E-state index in [2.05, 4.69) is 16.8 Å². The van der Waals surface area contributed by atoms with Gasteiger partial charge in [-0.25, -0.2) is 0 Å². The number of nitriles is 1. The van der Waals surface area contributed by atoms with Gasteiger partial charge < -0.3 is 9.88 Å². The summed E-state index contributed by atoms with van der Waals surface area (Å²) in [5.41, 5.74) is 3.45. The molecular weight excluding hydrogens is 250 g/mol. The molecule has 0 spiro atoms. The van der Waals surface area contributed by atoms with Crippen LogP contribution in [-0.4, -0.2) is 16.5 Å². The van der Waals surface area contributed by atoms with Gasteiger partial charge in [0.05, 0.1) is 0 Å². The average Bonchev–Trinajstić information content (AvgIpc) is 3.13. The van der Waals surface area contributed by atoms with Gasteiger partial charge in [0.25, 0.3) is 5.91 Å². The van der Waals surface area contributed by atoms with Crippen LogP contribution in [0.3, 0.4) is 0 Å². The molecule has 1 fully saturated rings. The van der Waals surface area contributed by atoms with Crippen LogP contribution in [0, 0.1) is 25.2 Å². The van der Waals surface area contributed by atoms with E-state index in [0.29, 0.717) is 6.04 Å². The highest BCUT2D eigenvalue weighted by Gasteiger charge is 2.26. The number of hydrogen-bond donors (Lipinski definition) is 1. The quantitative estimate of drug-likeness (QED) is 0.676. The summed E-state index contributed by atoms with van der Waals surface area (Å²) in [6, 6.07) is 4.68. The van der Waals surface area contributed by atoms with E-state index < -0.39 is 0 Å². The second-order valence-electron chi connectivity index (χ2n) is 5.73. The third-order valence-electron chi connectivity index (χ3n) is 3.52. The number of rotatable bonds is 4. The van der Waals surface area contributed by atoms with Crippen molar-refractivity contribution in [1.29, 1.82) is 5.26 Å². The van der Waals surface area contributed by atoms with Crippen molar-refractivity contribution in [2.45, 2.75) is 52.6 Å². The fraction of sp³-hybridized carbons (Fsp3) is 0.500. The Labute approximate surface area is 120 Å². The van der Waals surface area contributed by atoms with Crippen LogP contribution in [0.5, 0.6) is 0 Å². The molecule has 0 bridgehead atoms. The van der Waals surface area contributed by atoms with E-state index in [4.69, 9.17) is 0 Å².